The van der Waals surface area contributed by atoms with Crippen LogP contribution in [0.15, 0.2) is 27.8 Å². The predicted octanol–water partition coefficient (Wildman–Crippen LogP) is 1.29. The molecule has 2 aromatic heterocycles. The fourth-order valence-electron chi connectivity index (χ4n) is 3.08. The van der Waals surface area contributed by atoms with Crippen molar-refractivity contribution in [3.8, 4) is 23.1 Å². The van der Waals surface area contributed by atoms with E-state index in [4.69, 9.17) is 22.1 Å². The second-order valence-electron chi connectivity index (χ2n) is 5.88. The first-order chi connectivity index (χ1) is 12.8. The maximum absolute atomic E-state index is 13.0. The van der Waals surface area contributed by atoms with Crippen molar-refractivity contribution < 1.29 is 4.74 Å². The third kappa shape index (κ3) is 2.77. The van der Waals surface area contributed by atoms with Crippen LogP contribution in [0, 0.1) is 11.3 Å². The topological polar surface area (TPSA) is 116 Å². The summed E-state index contributed by atoms with van der Waals surface area (Å²) in [4.78, 5) is 29.6. The summed E-state index contributed by atoms with van der Waals surface area (Å²) in [7, 11) is 4.30. The Bertz CT molecular complexity index is 1240. The molecular weight excluding hydrogens is 370 g/mol. The minimum atomic E-state index is -0.545. The summed E-state index contributed by atoms with van der Waals surface area (Å²) in [5.41, 5.74) is 6.55. The molecule has 0 unspecified atom stereocenters. The second kappa shape index (κ2) is 6.87. The molecule has 138 valence electrons. The van der Waals surface area contributed by atoms with Crippen LogP contribution in [0.4, 0.5) is 0 Å². The van der Waals surface area contributed by atoms with Crippen molar-refractivity contribution >= 4 is 22.6 Å². The van der Waals surface area contributed by atoms with Crippen molar-refractivity contribution in [2.45, 2.75) is 6.54 Å². The van der Waals surface area contributed by atoms with Crippen LogP contribution in [0.1, 0.15) is 11.1 Å². The average Bonchev–Trinajstić information content (AvgIpc) is 2.68. The van der Waals surface area contributed by atoms with Crippen LogP contribution in [0.25, 0.3) is 22.2 Å². The van der Waals surface area contributed by atoms with Gasteiger partial charge in [-0.2, -0.15) is 10.2 Å². The zero-order chi connectivity index (χ0) is 19.9. The number of aromatic nitrogens is 3. The van der Waals surface area contributed by atoms with Crippen LogP contribution in [-0.4, -0.2) is 21.2 Å². The number of pyridine rings is 1. The highest BCUT2D eigenvalue weighted by Gasteiger charge is 2.24. The monoisotopic (exact) mass is 385 g/mol. The molecule has 0 spiro atoms. The zero-order valence-corrected chi connectivity index (χ0v) is 15.7. The van der Waals surface area contributed by atoms with E-state index < -0.39 is 11.2 Å². The lowest BCUT2D eigenvalue weighted by Crippen LogP contribution is -2.37. The number of halogens is 1. The number of nitrogens with zero attached hydrogens (tertiary/aromatic N) is 4. The van der Waals surface area contributed by atoms with E-state index >= 15 is 0 Å². The number of methoxy groups -OCH3 is 1. The van der Waals surface area contributed by atoms with Crippen LogP contribution < -0.4 is 21.7 Å². The summed E-state index contributed by atoms with van der Waals surface area (Å²) in [5.74, 6) is 0.173. The van der Waals surface area contributed by atoms with E-state index in [1.165, 1.54) is 25.8 Å². The highest BCUT2D eigenvalue weighted by Crippen LogP contribution is 2.36. The van der Waals surface area contributed by atoms with Crippen LogP contribution in [0.2, 0.25) is 5.02 Å². The lowest BCUT2D eigenvalue weighted by atomic mass is 9.94. The molecule has 0 radical (unpaired) electrons. The molecule has 27 heavy (non-hydrogen) atoms. The molecule has 9 heteroatoms. The summed E-state index contributed by atoms with van der Waals surface area (Å²) in [6.07, 6.45) is 0. The third-order valence-electron chi connectivity index (χ3n) is 4.42. The van der Waals surface area contributed by atoms with E-state index in [0.717, 1.165) is 4.57 Å². The van der Waals surface area contributed by atoms with E-state index in [2.05, 4.69) is 11.1 Å². The highest BCUT2D eigenvalue weighted by atomic mass is 35.5. The molecular formula is C18H16ClN5O3. The van der Waals surface area contributed by atoms with Crippen LogP contribution in [-0.2, 0) is 20.6 Å². The smallest absolute Gasteiger partial charge is 0.332 e. The third-order valence-corrected chi connectivity index (χ3v) is 4.66. The molecule has 0 amide bonds. The summed E-state index contributed by atoms with van der Waals surface area (Å²) < 4.78 is 7.58. The van der Waals surface area contributed by atoms with Gasteiger partial charge in [-0.25, -0.2) is 4.79 Å². The maximum Gasteiger partial charge on any atom is 0.332 e. The molecule has 0 fully saturated rings. The first-order valence-corrected chi connectivity index (χ1v) is 8.30. The van der Waals surface area contributed by atoms with Crippen molar-refractivity contribution in [3.63, 3.8) is 0 Å². The van der Waals surface area contributed by atoms with Gasteiger partial charge in [0, 0.05) is 42.4 Å². The first-order valence-electron chi connectivity index (χ1n) is 7.92. The Labute approximate surface area is 159 Å². The molecule has 0 bridgehead atoms. The lowest BCUT2D eigenvalue weighted by molar-refractivity contribution is 0.394. The van der Waals surface area contributed by atoms with Crippen molar-refractivity contribution in [1.82, 2.24) is 14.1 Å². The molecule has 2 N–H and O–H groups in total. The summed E-state index contributed by atoms with van der Waals surface area (Å²) >= 11 is 6.15. The largest absolute Gasteiger partial charge is 0.481 e. The SMILES string of the molecule is COc1nc2c(c(-c3cc(Cl)ccc3C#N)c1CN)c(=O)n(C)c(=O)n2C. The van der Waals surface area contributed by atoms with Crippen molar-refractivity contribution in [3.05, 3.63) is 55.2 Å². The van der Waals surface area contributed by atoms with Crippen molar-refractivity contribution in [2.24, 2.45) is 19.8 Å². The van der Waals surface area contributed by atoms with E-state index in [-0.39, 0.29) is 23.5 Å². The van der Waals surface area contributed by atoms with Gasteiger partial charge in [-0.3, -0.25) is 13.9 Å². The molecule has 0 atom stereocenters. The second-order valence-corrected chi connectivity index (χ2v) is 6.32. The normalized spacial score (nSPS) is 10.8. The molecule has 0 aliphatic carbocycles. The molecule has 3 rings (SSSR count). The number of fused-ring (bicyclic) bond motifs is 1. The number of nitriles is 1. The molecule has 0 saturated carbocycles. The number of benzene rings is 1. The predicted molar refractivity (Wildman–Crippen MR) is 102 cm³/mol. The molecule has 8 nitrogen and oxygen atoms in total. The fourth-order valence-corrected chi connectivity index (χ4v) is 3.25. The zero-order valence-electron chi connectivity index (χ0n) is 14.9. The van der Waals surface area contributed by atoms with Gasteiger partial charge >= 0.3 is 5.69 Å². The molecule has 3 aromatic rings. The molecule has 1 aromatic carbocycles. The summed E-state index contributed by atoms with van der Waals surface area (Å²) in [6.45, 7) is 0.00479. The van der Waals surface area contributed by atoms with Crippen LogP contribution in [0.5, 0.6) is 5.88 Å². The Morgan fingerprint density at radius 1 is 1.30 bits per heavy atom. The van der Waals surface area contributed by atoms with E-state index in [9.17, 15) is 14.9 Å². The van der Waals surface area contributed by atoms with Crippen molar-refractivity contribution in [2.75, 3.05) is 7.11 Å². The maximum atomic E-state index is 13.0. The van der Waals surface area contributed by atoms with Crippen LogP contribution in [0.3, 0.4) is 0 Å². The highest BCUT2D eigenvalue weighted by molar-refractivity contribution is 6.31. The van der Waals surface area contributed by atoms with Crippen molar-refractivity contribution in [1.29, 1.82) is 5.26 Å². The number of hydrogen-bond donors (Lipinski definition) is 1. The number of rotatable bonds is 3. The standard InChI is InChI=1S/C18H16ClN5O3/c1-23-15-14(17(25)24(2)18(23)26)13(12(8-21)16(22-15)27-3)11-6-10(19)5-4-9(11)7-20/h4-6H,8,21H2,1-3H3. The van der Waals surface area contributed by atoms with Gasteiger partial charge in [-0.15, -0.1) is 0 Å². The Morgan fingerprint density at radius 2 is 2.00 bits per heavy atom. The number of nitrogens with two attached hydrogens (primary N) is 1. The van der Waals surface area contributed by atoms with Gasteiger partial charge in [0.2, 0.25) is 5.88 Å². The lowest BCUT2D eigenvalue weighted by Gasteiger charge is -2.18. The minimum absolute atomic E-state index is 0.00479. The summed E-state index contributed by atoms with van der Waals surface area (Å²) in [5, 5.41) is 10.1. The molecule has 2 heterocycles. The first kappa shape index (κ1) is 18.6. The van der Waals surface area contributed by atoms with Gasteiger partial charge in [0.05, 0.1) is 24.1 Å². The van der Waals surface area contributed by atoms with Gasteiger partial charge in [-0.05, 0) is 18.2 Å². The Balaban J connectivity index is 2.71. The minimum Gasteiger partial charge on any atom is -0.481 e. The summed E-state index contributed by atoms with van der Waals surface area (Å²) in [6, 6.07) is 6.82. The van der Waals surface area contributed by atoms with E-state index in [1.807, 2.05) is 0 Å². The van der Waals surface area contributed by atoms with E-state index in [1.54, 1.807) is 18.2 Å². The Kier molecular flexibility index (Phi) is 4.74. The van der Waals surface area contributed by atoms with Crippen LogP contribution >= 0.6 is 11.6 Å². The fraction of sp³-hybridized carbons (Fsp3) is 0.222. The van der Waals surface area contributed by atoms with Gasteiger partial charge in [-0.1, -0.05) is 11.6 Å². The average molecular weight is 386 g/mol. The molecule has 0 saturated heterocycles. The number of ether oxygens (including phenoxy) is 1. The van der Waals surface area contributed by atoms with Gasteiger partial charge in [0.25, 0.3) is 5.56 Å². The van der Waals surface area contributed by atoms with Gasteiger partial charge < -0.3 is 10.5 Å². The molecule has 0 aliphatic rings. The Hall–Kier alpha value is -3.15. The van der Waals surface area contributed by atoms with Gasteiger partial charge in [0.1, 0.15) is 0 Å². The number of aryl methyl sites for hydroxylation is 1. The molecule has 0 aliphatic heterocycles. The van der Waals surface area contributed by atoms with E-state index in [0.29, 0.717) is 27.3 Å². The Morgan fingerprint density at radius 3 is 2.59 bits per heavy atom. The quantitative estimate of drug-likeness (QED) is 0.726. The van der Waals surface area contributed by atoms with Gasteiger partial charge in [0.15, 0.2) is 5.65 Å². The number of hydrogen-bond acceptors (Lipinski definition) is 6.